The molecule has 13 heteroatoms. The molecular weight excluding hydrogens is 385 g/mol. The van der Waals surface area contributed by atoms with Gasteiger partial charge in [0.15, 0.2) is 5.69 Å². The molecule has 0 aliphatic heterocycles. The lowest BCUT2D eigenvalue weighted by Crippen LogP contribution is -2.36. The standard InChI is InChI=1S/C15H17F3N6O4/c16-15(17,18)11-1-5-24(22-11)9-12(25)19-3-4-20-14(28)10-7-21-23(8-10)6-2-13(26)27/h1,5,7-8H,2-4,6,9H2,(H,19,25)(H,20,28)(H,26,27). The third kappa shape index (κ3) is 6.41. The molecule has 0 saturated carbocycles. The molecule has 0 spiro atoms. The number of hydrogen-bond donors (Lipinski definition) is 3. The molecule has 2 heterocycles. The van der Waals surface area contributed by atoms with Crippen molar-refractivity contribution < 1.29 is 32.7 Å². The third-order valence-corrected chi connectivity index (χ3v) is 3.42. The van der Waals surface area contributed by atoms with E-state index in [9.17, 15) is 27.6 Å². The first-order valence-electron chi connectivity index (χ1n) is 8.05. The Hall–Kier alpha value is -3.38. The van der Waals surface area contributed by atoms with E-state index < -0.39 is 29.7 Å². The van der Waals surface area contributed by atoms with Gasteiger partial charge in [0.05, 0.1) is 24.7 Å². The second-order valence-electron chi connectivity index (χ2n) is 5.64. The summed E-state index contributed by atoms with van der Waals surface area (Å²) >= 11 is 0. The number of alkyl halides is 3. The monoisotopic (exact) mass is 402 g/mol. The fraction of sp³-hybridized carbons (Fsp3) is 0.400. The average molecular weight is 402 g/mol. The zero-order valence-corrected chi connectivity index (χ0v) is 14.4. The summed E-state index contributed by atoms with van der Waals surface area (Å²) < 4.78 is 39.5. The van der Waals surface area contributed by atoms with Crippen LogP contribution in [0, 0.1) is 0 Å². The van der Waals surface area contributed by atoms with Gasteiger partial charge in [-0.15, -0.1) is 0 Å². The molecule has 0 aliphatic carbocycles. The van der Waals surface area contributed by atoms with Crippen molar-refractivity contribution in [2.24, 2.45) is 0 Å². The van der Waals surface area contributed by atoms with Crippen molar-refractivity contribution in [1.29, 1.82) is 0 Å². The number of rotatable bonds is 9. The van der Waals surface area contributed by atoms with Crippen molar-refractivity contribution in [2.75, 3.05) is 13.1 Å². The van der Waals surface area contributed by atoms with Crippen LogP contribution in [0.1, 0.15) is 22.5 Å². The molecule has 0 fully saturated rings. The van der Waals surface area contributed by atoms with Crippen molar-refractivity contribution in [3.8, 4) is 0 Å². The predicted molar refractivity (Wildman–Crippen MR) is 87.1 cm³/mol. The average Bonchev–Trinajstić information content (AvgIpc) is 3.25. The Kier molecular flexibility index (Phi) is 6.74. The predicted octanol–water partition coefficient (Wildman–Crippen LogP) is 0.119. The summed E-state index contributed by atoms with van der Waals surface area (Å²) in [6, 6.07) is 0.768. The number of nitrogens with one attached hydrogen (secondary N) is 2. The van der Waals surface area contributed by atoms with E-state index in [2.05, 4.69) is 20.8 Å². The van der Waals surface area contributed by atoms with Crippen molar-refractivity contribution in [3.63, 3.8) is 0 Å². The summed E-state index contributed by atoms with van der Waals surface area (Å²) in [6.07, 6.45) is -0.979. The molecule has 2 aromatic heterocycles. The van der Waals surface area contributed by atoms with E-state index >= 15 is 0 Å². The summed E-state index contributed by atoms with van der Waals surface area (Å²) in [5.41, 5.74) is -0.857. The van der Waals surface area contributed by atoms with Gasteiger partial charge in [0.2, 0.25) is 5.91 Å². The van der Waals surface area contributed by atoms with Gasteiger partial charge in [-0.2, -0.15) is 23.4 Å². The first-order valence-corrected chi connectivity index (χ1v) is 8.05. The maximum absolute atomic E-state index is 12.4. The van der Waals surface area contributed by atoms with Gasteiger partial charge >= 0.3 is 12.1 Å². The number of carbonyl (C=O) groups excluding carboxylic acids is 2. The molecule has 0 aromatic carbocycles. The van der Waals surface area contributed by atoms with Crippen LogP contribution in [0.3, 0.4) is 0 Å². The highest BCUT2D eigenvalue weighted by Crippen LogP contribution is 2.27. The minimum absolute atomic E-state index is 0.0606. The first-order chi connectivity index (χ1) is 13.1. The number of carboxylic acid groups (broad SMARTS) is 1. The highest BCUT2D eigenvalue weighted by Gasteiger charge is 2.33. The maximum Gasteiger partial charge on any atom is 0.435 e. The number of halogens is 3. The van der Waals surface area contributed by atoms with Gasteiger partial charge in [-0.05, 0) is 6.07 Å². The maximum atomic E-state index is 12.4. The number of carbonyl (C=O) groups is 3. The Morgan fingerprint density at radius 1 is 1.14 bits per heavy atom. The fourth-order valence-corrected chi connectivity index (χ4v) is 2.10. The number of hydrogen-bond acceptors (Lipinski definition) is 5. The molecule has 28 heavy (non-hydrogen) atoms. The molecule has 0 aliphatic rings. The summed E-state index contributed by atoms with van der Waals surface area (Å²) in [6.45, 7) is -0.120. The van der Waals surface area contributed by atoms with Crippen LogP contribution in [-0.4, -0.2) is 55.5 Å². The quantitative estimate of drug-likeness (QED) is 0.511. The molecule has 152 valence electrons. The molecule has 2 aromatic rings. The van der Waals surface area contributed by atoms with Crippen LogP contribution in [0.4, 0.5) is 13.2 Å². The molecule has 3 N–H and O–H groups in total. The van der Waals surface area contributed by atoms with E-state index in [1.54, 1.807) is 0 Å². The van der Waals surface area contributed by atoms with Gasteiger partial charge in [0.1, 0.15) is 6.54 Å². The van der Waals surface area contributed by atoms with Gasteiger partial charge in [0, 0.05) is 25.5 Å². The normalized spacial score (nSPS) is 11.2. The highest BCUT2D eigenvalue weighted by atomic mass is 19.4. The Balaban J connectivity index is 1.69. The zero-order chi connectivity index (χ0) is 20.7. The summed E-state index contributed by atoms with van der Waals surface area (Å²) in [5.74, 6) is -2.01. The van der Waals surface area contributed by atoms with Gasteiger partial charge in [0.25, 0.3) is 5.91 Å². The lowest BCUT2D eigenvalue weighted by Gasteiger charge is -2.07. The molecule has 0 bridgehead atoms. The van der Waals surface area contributed by atoms with Crippen LogP contribution < -0.4 is 10.6 Å². The molecule has 2 amide bonds. The van der Waals surface area contributed by atoms with Crippen molar-refractivity contribution in [1.82, 2.24) is 30.2 Å². The van der Waals surface area contributed by atoms with E-state index in [-0.39, 0.29) is 38.2 Å². The Labute approximate surface area is 156 Å². The van der Waals surface area contributed by atoms with Crippen LogP contribution >= 0.6 is 0 Å². The topological polar surface area (TPSA) is 131 Å². The number of aromatic nitrogens is 4. The van der Waals surface area contributed by atoms with Gasteiger partial charge in [-0.3, -0.25) is 23.7 Å². The molecule has 0 unspecified atom stereocenters. The Bertz CT molecular complexity index is 845. The van der Waals surface area contributed by atoms with Crippen molar-refractivity contribution >= 4 is 17.8 Å². The van der Waals surface area contributed by atoms with E-state index in [0.717, 1.165) is 16.9 Å². The minimum Gasteiger partial charge on any atom is -0.481 e. The second-order valence-corrected chi connectivity index (χ2v) is 5.64. The first kappa shape index (κ1) is 20.9. The fourth-order valence-electron chi connectivity index (χ4n) is 2.10. The van der Waals surface area contributed by atoms with Gasteiger partial charge in [-0.1, -0.05) is 0 Å². The zero-order valence-electron chi connectivity index (χ0n) is 14.4. The molecule has 0 atom stereocenters. The second kappa shape index (κ2) is 9.01. The van der Waals surface area contributed by atoms with Crippen molar-refractivity contribution in [3.05, 3.63) is 35.9 Å². The molecule has 2 rings (SSSR count). The number of aryl methyl sites for hydroxylation is 1. The lowest BCUT2D eigenvalue weighted by atomic mass is 10.3. The Morgan fingerprint density at radius 2 is 1.86 bits per heavy atom. The van der Waals surface area contributed by atoms with E-state index in [1.807, 2.05) is 0 Å². The largest absolute Gasteiger partial charge is 0.481 e. The van der Waals surface area contributed by atoms with E-state index in [0.29, 0.717) is 0 Å². The van der Waals surface area contributed by atoms with Gasteiger partial charge < -0.3 is 15.7 Å². The number of amides is 2. The summed E-state index contributed by atoms with van der Waals surface area (Å²) in [4.78, 5) is 34.1. The van der Waals surface area contributed by atoms with Crippen LogP contribution in [0.25, 0.3) is 0 Å². The number of aliphatic carboxylic acids is 1. The molecular formula is C15H17F3N6O4. The third-order valence-electron chi connectivity index (χ3n) is 3.42. The minimum atomic E-state index is -4.58. The summed E-state index contributed by atoms with van der Waals surface area (Å²) in [7, 11) is 0. The molecule has 10 nitrogen and oxygen atoms in total. The van der Waals surface area contributed by atoms with Crippen LogP contribution in [0.5, 0.6) is 0 Å². The molecule has 0 radical (unpaired) electrons. The van der Waals surface area contributed by atoms with E-state index in [1.165, 1.54) is 17.1 Å². The van der Waals surface area contributed by atoms with Crippen LogP contribution in [-0.2, 0) is 28.9 Å². The van der Waals surface area contributed by atoms with Gasteiger partial charge in [-0.25, -0.2) is 0 Å². The number of nitrogens with zero attached hydrogens (tertiary/aromatic N) is 4. The van der Waals surface area contributed by atoms with Crippen molar-refractivity contribution in [2.45, 2.75) is 25.7 Å². The van der Waals surface area contributed by atoms with Crippen LogP contribution in [0.2, 0.25) is 0 Å². The SMILES string of the molecule is O=C(O)CCn1cc(C(=O)NCCNC(=O)Cn2ccc(C(F)(F)F)n2)cn1. The van der Waals surface area contributed by atoms with Crippen LogP contribution in [0.15, 0.2) is 24.7 Å². The highest BCUT2D eigenvalue weighted by molar-refractivity contribution is 5.93. The Morgan fingerprint density at radius 3 is 2.50 bits per heavy atom. The smallest absolute Gasteiger partial charge is 0.435 e. The molecule has 0 saturated heterocycles. The van der Waals surface area contributed by atoms with E-state index in [4.69, 9.17) is 5.11 Å². The summed E-state index contributed by atoms with van der Waals surface area (Å²) in [5, 5.41) is 20.7. The lowest BCUT2D eigenvalue weighted by molar-refractivity contribution is -0.142. The number of carboxylic acids is 1.